The number of aromatic nitrogens is 3. The summed E-state index contributed by atoms with van der Waals surface area (Å²) >= 11 is 0. The largest absolute Gasteiger partial charge is 0.456 e. The molecule has 4 heteroatoms. The van der Waals surface area contributed by atoms with Gasteiger partial charge in [-0.15, -0.1) is 0 Å². The average Bonchev–Trinajstić information content (AvgIpc) is 3.60. The molecular formula is C47H29N3O. The summed E-state index contributed by atoms with van der Waals surface area (Å²) in [6, 6.07) is 61.1. The van der Waals surface area contributed by atoms with Gasteiger partial charge in [-0.3, -0.25) is 0 Å². The van der Waals surface area contributed by atoms with Gasteiger partial charge in [-0.1, -0.05) is 146 Å². The number of nitrogens with zero attached hydrogens (tertiary/aromatic N) is 3. The minimum Gasteiger partial charge on any atom is -0.456 e. The molecule has 51 heavy (non-hydrogen) atoms. The summed E-state index contributed by atoms with van der Waals surface area (Å²) in [7, 11) is 0. The van der Waals surface area contributed by atoms with E-state index in [9.17, 15) is 0 Å². The fourth-order valence-electron chi connectivity index (χ4n) is 7.18. The van der Waals surface area contributed by atoms with Gasteiger partial charge in [0.25, 0.3) is 0 Å². The molecule has 0 atom stereocenters. The van der Waals surface area contributed by atoms with Crippen LogP contribution in [0.5, 0.6) is 0 Å². The predicted molar refractivity (Wildman–Crippen MR) is 209 cm³/mol. The lowest BCUT2D eigenvalue weighted by atomic mass is 9.96. The summed E-state index contributed by atoms with van der Waals surface area (Å²) in [6.07, 6.45) is 0. The molecule has 0 saturated carbocycles. The summed E-state index contributed by atoms with van der Waals surface area (Å²) in [5.74, 6) is 1.83. The van der Waals surface area contributed by atoms with Crippen molar-refractivity contribution in [2.45, 2.75) is 0 Å². The van der Waals surface area contributed by atoms with Crippen molar-refractivity contribution in [2.24, 2.45) is 0 Å². The highest BCUT2D eigenvalue weighted by molar-refractivity contribution is 6.12. The first-order chi connectivity index (χ1) is 25.2. The smallest absolute Gasteiger partial charge is 0.164 e. The van der Waals surface area contributed by atoms with Gasteiger partial charge >= 0.3 is 0 Å². The van der Waals surface area contributed by atoms with E-state index in [2.05, 4.69) is 140 Å². The zero-order chi connectivity index (χ0) is 33.7. The molecule has 4 nitrogen and oxygen atoms in total. The van der Waals surface area contributed by atoms with E-state index in [1.165, 1.54) is 21.9 Å². The number of hydrogen-bond donors (Lipinski definition) is 0. The Morgan fingerprint density at radius 1 is 0.314 bits per heavy atom. The Morgan fingerprint density at radius 3 is 1.53 bits per heavy atom. The molecule has 10 aromatic rings. The summed E-state index contributed by atoms with van der Waals surface area (Å²) in [6.45, 7) is 0. The van der Waals surface area contributed by atoms with E-state index < -0.39 is 0 Å². The van der Waals surface area contributed by atoms with Gasteiger partial charge in [-0.25, -0.2) is 15.0 Å². The normalized spacial score (nSPS) is 11.5. The first kappa shape index (κ1) is 29.0. The molecule has 0 bridgehead atoms. The second-order valence-corrected chi connectivity index (χ2v) is 12.8. The Bertz CT molecular complexity index is 2910. The molecule has 0 unspecified atom stereocenters. The number of para-hydroxylation sites is 1. The summed E-state index contributed by atoms with van der Waals surface area (Å²) in [5, 5.41) is 6.72. The Labute approximate surface area is 294 Å². The Balaban J connectivity index is 1.20. The second-order valence-electron chi connectivity index (χ2n) is 12.8. The van der Waals surface area contributed by atoms with Crippen molar-refractivity contribution in [1.82, 2.24) is 15.0 Å². The Morgan fingerprint density at radius 2 is 0.804 bits per heavy atom. The van der Waals surface area contributed by atoms with Crippen LogP contribution >= 0.6 is 0 Å². The highest BCUT2D eigenvalue weighted by atomic mass is 16.3. The zero-order valence-corrected chi connectivity index (χ0v) is 27.5. The molecule has 0 spiro atoms. The number of fused-ring (bicyclic) bond motifs is 6. The fourth-order valence-corrected chi connectivity index (χ4v) is 7.18. The molecule has 0 N–H and O–H groups in total. The van der Waals surface area contributed by atoms with Crippen LogP contribution < -0.4 is 0 Å². The number of benzene rings is 8. The predicted octanol–water partition coefficient (Wildman–Crippen LogP) is 12.4. The lowest BCUT2D eigenvalue weighted by Crippen LogP contribution is -2.00. The summed E-state index contributed by atoms with van der Waals surface area (Å²) in [5.41, 5.74) is 9.00. The minimum atomic E-state index is 0.599. The van der Waals surface area contributed by atoms with Crippen molar-refractivity contribution >= 4 is 43.5 Å². The van der Waals surface area contributed by atoms with Crippen molar-refractivity contribution in [3.05, 3.63) is 176 Å². The lowest BCUT2D eigenvalue weighted by molar-refractivity contribution is 0.669. The highest BCUT2D eigenvalue weighted by Gasteiger charge is 2.18. The first-order valence-electron chi connectivity index (χ1n) is 17.1. The van der Waals surface area contributed by atoms with Gasteiger partial charge in [0, 0.05) is 27.5 Å². The standard InChI is InChI=1S/C47H29N3O/c1-3-11-30(12-4-1)34-15-9-16-36(27-34)45-48-46(50-47(49-45)39-18-10-20-43-44(39)38-17-7-8-19-42(38)51-43)37-26-24-33-22-21-32-23-25-35(28-40(32)41(33)29-37)31-13-5-2-6-14-31/h1-29H. The van der Waals surface area contributed by atoms with Crippen LogP contribution in [0.2, 0.25) is 0 Å². The van der Waals surface area contributed by atoms with Crippen LogP contribution in [0.4, 0.5) is 0 Å². The van der Waals surface area contributed by atoms with Crippen molar-refractivity contribution < 1.29 is 4.42 Å². The van der Waals surface area contributed by atoms with Gasteiger partial charge in [0.05, 0.1) is 0 Å². The SMILES string of the molecule is c1ccc(-c2cccc(-c3nc(-c4ccc5ccc6ccc(-c7ccccc7)cc6c5c4)nc(-c4cccc5oc6ccccc6c45)n3)c2)cc1. The van der Waals surface area contributed by atoms with Crippen LogP contribution in [0.1, 0.15) is 0 Å². The quantitative estimate of drug-likeness (QED) is 0.174. The van der Waals surface area contributed by atoms with Crippen LogP contribution in [0.15, 0.2) is 180 Å². The van der Waals surface area contributed by atoms with Gasteiger partial charge in [0.2, 0.25) is 0 Å². The molecule has 2 heterocycles. The van der Waals surface area contributed by atoms with E-state index in [1.54, 1.807) is 0 Å². The molecule has 0 aliphatic carbocycles. The Hall–Kier alpha value is -6.91. The van der Waals surface area contributed by atoms with Gasteiger partial charge < -0.3 is 4.42 Å². The van der Waals surface area contributed by atoms with Crippen LogP contribution in [0.3, 0.4) is 0 Å². The van der Waals surface area contributed by atoms with Crippen LogP contribution in [0.25, 0.3) is 99.9 Å². The topological polar surface area (TPSA) is 51.8 Å². The van der Waals surface area contributed by atoms with E-state index in [0.29, 0.717) is 17.5 Å². The van der Waals surface area contributed by atoms with Crippen LogP contribution in [-0.4, -0.2) is 15.0 Å². The summed E-state index contributed by atoms with van der Waals surface area (Å²) < 4.78 is 6.27. The Kier molecular flexibility index (Phi) is 6.78. The highest BCUT2D eigenvalue weighted by Crippen LogP contribution is 2.38. The molecular weight excluding hydrogens is 623 g/mol. The van der Waals surface area contributed by atoms with Crippen LogP contribution in [-0.2, 0) is 0 Å². The third-order valence-electron chi connectivity index (χ3n) is 9.71. The third-order valence-corrected chi connectivity index (χ3v) is 9.71. The second kappa shape index (κ2) is 11.9. The average molecular weight is 652 g/mol. The molecule has 2 aromatic heterocycles. The van der Waals surface area contributed by atoms with Gasteiger partial charge in [-0.05, 0) is 74.1 Å². The maximum Gasteiger partial charge on any atom is 0.164 e. The van der Waals surface area contributed by atoms with E-state index in [0.717, 1.165) is 60.5 Å². The molecule has 0 saturated heterocycles. The first-order valence-corrected chi connectivity index (χ1v) is 17.1. The van der Waals surface area contributed by atoms with Crippen molar-refractivity contribution in [3.63, 3.8) is 0 Å². The van der Waals surface area contributed by atoms with Crippen molar-refractivity contribution in [3.8, 4) is 56.4 Å². The number of rotatable bonds is 5. The van der Waals surface area contributed by atoms with Crippen molar-refractivity contribution in [2.75, 3.05) is 0 Å². The molecule has 0 aliphatic heterocycles. The van der Waals surface area contributed by atoms with E-state index in [4.69, 9.17) is 19.4 Å². The van der Waals surface area contributed by atoms with E-state index >= 15 is 0 Å². The molecule has 0 amide bonds. The number of furan rings is 1. The molecule has 10 rings (SSSR count). The zero-order valence-electron chi connectivity index (χ0n) is 27.5. The molecule has 0 fully saturated rings. The molecule has 0 aliphatic rings. The fraction of sp³-hybridized carbons (Fsp3) is 0. The van der Waals surface area contributed by atoms with Crippen molar-refractivity contribution in [1.29, 1.82) is 0 Å². The summed E-state index contributed by atoms with van der Waals surface area (Å²) in [4.78, 5) is 15.5. The minimum absolute atomic E-state index is 0.599. The van der Waals surface area contributed by atoms with Gasteiger partial charge in [0.1, 0.15) is 11.2 Å². The van der Waals surface area contributed by atoms with E-state index in [1.807, 2.05) is 36.4 Å². The van der Waals surface area contributed by atoms with Gasteiger partial charge in [-0.2, -0.15) is 0 Å². The molecule has 238 valence electrons. The molecule has 0 radical (unpaired) electrons. The maximum absolute atomic E-state index is 6.27. The lowest BCUT2D eigenvalue weighted by Gasteiger charge is -2.12. The van der Waals surface area contributed by atoms with Gasteiger partial charge in [0.15, 0.2) is 17.5 Å². The third kappa shape index (κ3) is 5.13. The monoisotopic (exact) mass is 651 g/mol. The van der Waals surface area contributed by atoms with E-state index in [-0.39, 0.29) is 0 Å². The molecule has 8 aromatic carbocycles. The number of hydrogen-bond acceptors (Lipinski definition) is 4. The van der Waals surface area contributed by atoms with Crippen LogP contribution in [0, 0.1) is 0 Å². The maximum atomic E-state index is 6.27.